The minimum absolute atomic E-state index is 0.273. The van der Waals surface area contributed by atoms with Gasteiger partial charge in [0, 0.05) is 5.69 Å². The first-order valence-corrected chi connectivity index (χ1v) is 10.5. The molecule has 1 saturated heterocycles. The number of carbonyl (C=O) groups excluding carboxylic acids is 3. The summed E-state index contributed by atoms with van der Waals surface area (Å²) in [5.74, 6) is -0.206. The van der Waals surface area contributed by atoms with Crippen LogP contribution in [-0.4, -0.2) is 35.1 Å². The van der Waals surface area contributed by atoms with E-state index in [4.69, 9.17) is 4.74 Å². The van der Waals surface area contributed by atoms with Gasteiger partial charge in [-0.15, -0.1) is 0 Å². The highest BCUT2D eigenvalue weighted by Gasteiger charge is 2.36. The number of imide groups is 1. The van der Waals surface area contributed by atoms with Crippen LogP contribution in [0, 0.1) is 6.92 Å². The Labute approximate surface area is 181 Å². The van der Waals surface area contributed by atoms with Crippen molar-refractivity contribution in [3.8, 4) is 5.75 Å². The third-order valence-corrected chi connectivity index (χ3v) is 5.68. The first-order chi connectivity index (χ1) is 13.9. The van der Waals surface area contributed by atoms with Crippen molar-refractivity contribution in [2.75, 3.05) is 18.5 Å². The molecule has 29 heavy (non-hydrogen) atoms. The van der Waals surface area contributed by atoms with Crippen molar-refractivity contribution in [2.45, 2.75) is 13.8 Å². The van der Waals surface area contributed by atoms with E-state index in [1.165, 1.54) is 0 Å². The zero-order valence-electron chi connectivity index (χ0n) is 15.9. The molecular weight excluding hydrogens is 456 g/mol. The molecule has 6 nitrogen and oxygen atoms in total. The van der Waals surface area contributed by atoms with Crippen LogP contribution >= 0.6 is 27.7 Å². The Morgan fingerprint density at radius 1 is 1.24 bits per heavy atom. The minimum atomic E-state index is -0.482. The molecule has 0 bridgehead atoms. The molecule has 0 unspecified atom stereocenters. The maximum Gasteiger partial charge on any atom is 0.294 e. The summed E-state index contributed by atoms with van der Waals surface area (Å²) in [6.07, 6.45) is 1.63. The molecule has 1 heterocycles. The smallest absolute Gasteiger partial charge is 0.294 e. The number of amides is 3. The van der Waals surface area contributed by atoms with E-state index in [-0.39, 0.29) is 11.4 Å². The lowest BCUT2D eigenvalue weighted by atomic mass is 10.2. The van der Waals surface area contributed by atoms with E-state index in [9.17, 15) is 14.4 Å². The molecule has 2 aromatic carbocycles. The number of rotatable bonds is 6. The SMILES string of the molecule is CCOc1ccc(/C=C2\SC(=O)N(CC(=O)Nc3ccccc3C)C2=O)cc1Br. The van der Waals surface area contributed by atoms with Gasteiger partial charge in [0.25, 0.3) is 11.1 Å². The molecule has 3 rings (SSSR count). The van der Waals surface area contributed by atoms with Gasteiger partial charge in [0.2, 0.25) is 5.91 Å². The van der Waals surface area contributed by atoms with Crippen LogP contribution in [0.3, 0.4) is 0 Å². The molecule has 0 aliphatic carbocycles. The molecule has 8 heteroatoms. The fourth-order valence-electron chi connectivity index (χ4n) is 2.71. The molecule has 1 fully saturated rings. The highest BCUT2D eigenvalue weighted by molar-refractivity contribution is 9.10. The zero-order chi connectivity index (χ0) is 21.0. The average Bonchev–Trinajstić information content (AvgIpc) is 2.93. The van der Waals surface area contributed by atoms with Crippen LogP contribution in [0.2, 0.25) is 0 Å². The third-order valence-electron chi connectivity index (χ3n) is 4.15. The van der Waals surface area contributed by atoms with E-state index in [0.29, 0.717) is 18.0 Å². The topological polar surface area (TPSA) is 75.7 Å². The minimum Gasteiger partial charge on any atom is -0.493 e. The van der Waals surface area contributed by atoms with Crippen molar-refractivity contribution in [3.05, 3.63) is 63.0 Å². The van der Waals surface area contributed by atoms with Crippen molar-refractivity contribution in [1.29, 1.82) is 0 Å². The number of para-hydroxylation sites is 1. The lowest BCUT2D eigenvalue weighted by molar-refractivity contribution is -0.127. The zero-order valence-corrected chi connectivity index (χ0v) is 18.3. The molecule has 3 amide bonds. The van der Waals surface area contributed by atoms with Crippen LogP contribution in [0.1, 0.15) is 18.1 Å². The summed E-state index contributed by atoms with van der Waals surface area (Å²) < 4.78 is 6.23. The second-order valence-corrected chi connectivity index (χ2v) is 8.10. The number of ether oxygens (including phenoxy) is 1. The lowest BCUT2D eigenvalue weighted by Gasteiger charge is -2.13. The number of nitrogens with zero attached hydrogens (tertiary/aromatic N) is 1. The molecule has 0 spiro atoms. The normalized spacial score (nSPS) is 15.1. The maximum absolute atomic E-state index is 12.6. The quantitative estimate of drug-likeness (QED) is 0.606. The first kappa shape index (κ1) is 21.1. The summed E-state index contributed by atoms with van der Waals surface area (Å²) in [7, 11) is 0. The number of hydrogen-bond donors (Lipinski definition) is 1. The van der Waals surface area contributed by atoms with Gasteiger partial charge in [-0.05, 0) is 76.9 Å². The standard InChI is InChI=1S/C21H19BrN2O4S/c1-3-28-17-9-8-14(10-15(17)22)11-18-20(26)24(21(27)29-18)12-19(25)23-16-7-5-4-6-13(16)2/h4-11H,3,12H2,1-2H3,(H,23,25)/b18-11-. The Morgan fingerprint density at radius 2 is 2.00 bits per heavy atom. The fourth-order valence-corrected chi connectivity index (χ4v) is 4.06. The number of anilines is 1. The number of halogens is 1. The van der Waals surface area contributed by atoms with Crippen LogP contribution in [-0.2, 0) is 9.59 Å². The lowest BCUT2D eigenvalue weighted by Crippen LogP contribution is -2.36. The predicted molar refractivity (Wildman–Crippen MR) is 118 cm³/mol. The fraction of sp³-hybridized carbons (Fsp3) is 0.190. The Morgan fingerprint density at radius 3 is 2.69 bits per heavy atom. The van der Waals surface area contributed by atoms with Crippen LogP contribution < -0.4 is 10.1 Å². The summed E-state index contributed by atoms with van der Waals surface area (Å²) >= 11 is 4.25. The van der Waals surface area contributed by atoms with Gasteiger partial charge in [-0.2, -0.15) is 0 Å². The molecule has 1 aliphatic heterocycles. The van der Waals surface area contributed by atoms with Crippen molar-refractivity contribution >= 4 is 56.5 Å². The molecule has 0 aromatic heterocycles. The summed E-state index contributed by atoms with van der Waals surface area (Å²) in [5, 5.41) is 2.27. The molecular formula is C21H19BrN2O4S. The summed E-state index contributed by atoms with van der Waals surface area (Å²) in [5.41, 5.74) is 2.30. The van der Waals surface area contributed by atoms with Crippen LogP contribution in [0.15, 0.2) is 51.8 Å². The van der Waals surface area contributed by atoms with Gasteiger partial charge in [0.05, 0.1) is 16.0 Å². The highest BCUT2D eigenvalue weighted by Crippen LogP contribution is 2.33. The summed E-state index contributed by atoms with van der Waals surface area (Å²) in [4.78, 5) is 38.4. The van der Waals surface area contributed by atoms with E-state index >= 15 is 0 Å². The van der Waals surface area contributed by atoms with Gasteiger partial charge >= 0.3 is 0 Å². The molecule has 0 atom stereocenters. The number of benzene rings is 2. The molecule has 0 radical (unpaired) electrons. The molecule has 2 aromatic rings. The van der Waals surface area contributed by atoms with Gasteiger partial charge < -0.3 is 10.1 Å². The second-order valence-electron chi connectivity index (χ2n) is 6.25. The largest absolute Gasteiger partial charge is 0.493 e. The van der Waals surface area contributed by atoms with E-state index in [1.807, 2.05) is 32.0 Å². The van der Waals surface area contributed by atoms with Crippen LogP contribution in [0.5, 0.6) is 5.75 Å². The number of carbonyl (C=O) groups is 3. The van der Waals surface area contributed by atoms with Crippen molar-refractivity contribution in [2.24, 2.45) is 0 Å². The van der Waals surface area contributed by atoms with Gasteiger partial charge in [-0.25, -0.2) is 0 Å². The van der Waals surface area contributed by atoms with Crippen LogP contribution in [0.25, 0.3) is 6.08 Å². The second kappa shape index (κ2) is 9.28. The molecule has 1 aliphatic rings. The average molecular weight is 475 g/mol. The van der Waals surface area contributed by atoms with Crippen molar-refractivity contribution in [3.63, 3.8) is 0 Å². The van der Waals surface area contributed by atoms with Crippen LogP contribution in [0.4, 0.5) is 10.5 Å². The van der Waals surface area contributed by atoms with Gasteiger partial charge in [-0.3, -0.25) is 19.3 Å². The number of thioether (sulfide) groups is 1. The first-order valence-electron chi connectivity index (χ1n) is 8.92. The molecule has 150 valence electrons. The monoisotopic (exact) mass is 474 g/mol. The van der Waals surface area contributed by atoms with E-state index in [2.05, 4.69) is 21.2 Å². The van der Waals surface area contributed by atoms with Crippen molar-refractivity contribution < 1.29 is 19.1 Å². The van der Waals surface area contributed by atoms with Gasteiger partial charge in [0.15, 0.2) is 0 Å². The predicted octanol–water partition coefficient (Wildman–Crippen LogP) is 4.83. The maximum atomic E-state index is 12.6. The molecule has 0 saturated carbocycles. The number of aryl methyl sites for hydroxylation is 1. The Balaban J connectivity index is 1.71. The summed E-state index contributed by atoms with van der Waals surface area (Å²) in [6, 6.07) is 12.7. The van der Waals surface area contributed by atoms with Gasteiger partial charge in [0.1, 0.15) is 12.3 Å². The van der Waals surface area contributed by atoms with Crippen molar-refractivity contribution in [1.82, 2.24) is 4.90 Å². The van der Waals surface area contributed by atoms with E-state index in [1.54, 1.807) is 30.3 Å². The number of hydrogen-bond acceptors (Lipinski definition) is 5. The van der Waals surface area contributed by atoms with E-state index < -0.39 is 17.1 Å². The molecule has 1 N–H and O–H groups in total. The number of nitrogens with one attached hydrogen (secondary N) is 1. The summed E-state index contributed by atoms with van der Waals surface area (Å²) in [6.45, 7) is 3.98. The Bertz CT molecular complexity index is 1010. The third kappa shape index (κ3) is 5.07. The Kier molecular flexibility index (Phi) is 6.76. The Hall–Kier alpha value is -2.58. The van der Waals surface area contributed by atoms with E-state index in [0.717, 1.165) is 32.3 Å². The highest BCUT2D eigenvalue weighted by atomic mass is 79.9. The van der Waals surface area contributed by atoms with Gasteiger partial charge in [-0.1, -0.05) is 24.3 Å².